The van der Waals surface area contributed by atoms with Gasteiger partial charge in [0.25, 0.3) is 0 Å². The van der Waals surface area contributed by atoms with Gasteiger partial charge in [-0.2, -0.15) is 0 Å². The fraction of sp³-hybridized carbons (Fsp3) is 0.625. The van der Waals surface area contributed by atoms with Crippen LogP contribution in [0.5, 0.6) is 17.2 Å². The third-order valence-corrected chi connectivity index (χ3v) is 3.04. The van der Waals surface area contributed by atoms with Gasteiger partial charge >= 0.3 is 0 Å². The SMILES string of the molecule is CCCOCCCNCc1cc(OC)c(OC)c(OC)c1. The summed E-state index contributed by atoms with van der Waals surface area (Å²) >= 11 is 0. The molecule has 0 bridgehead atoms. The first-order chi connectivity index (χ1) is 10.3. The van der Waals surface area contributed by atoms with Gasteiger partial charge in [-0.3, -0.25) is 0 Å². The van der Waals surface area contributed by atoms with Gasteiger partial charge in [0.05, 0.1) is 21.3 Å². The topological polar surface area (TPSA) is 49.0 Å². The lowest BCUT2D eigenvalue weighted by molar-refractivity contribution is 0.132. The van der Waals surface area contributed by atoms with Crippen molar-refractivity contribution in [3.63, 3.8) is 0 Å². The fourth-order valence-electron chi connectivity index (χ4n) is 2.02. The molecule has 0 fully saturated rings. The Morgan fingerprint density at radius 1 is 0.952 bits per heavy atom. The van der Waals surface area contributed by atoms with Gasteiger partial charge in [-0.1, -0.05) is 6.92 Å². The third kappa shape index (κ3) is 5.81. The summed E-state index contributed by atoms with van der Waals surface area (Å²) in [5.41, 5.74) is 1.10. The number of hydrogen-bond donors (Lipinski definition) is 1. The van der Waals surface area contributed by atoms with Crippen molar-refractivity contribution in [2.24, 2.45) is 0 Å². The lowest BCUT2D eigenvalue weighted by Crippen LogP contribution is -2.16. The van der Waals surface area contributed by atoms with Crippen LogP contribution >= 0.6 is 0 Å². The molecule has 0 saturated heterocycles. The quantitative estimate of drug-likeness (QED) is 0.636. The van der Waals surface area contributed by atoms with Crippen LogP contribution in [0.1, 0.15) is 25.3 Å². The van der Waals surface area contributed by atoms with E-state index in [4.69, 9.17) is 18.9 Å². The molecule has 1 N–H and O–H groups in total. The standard InChI is InChI=1S/C16H27NO4/c1-5-8-21-9-6-7-17-12-13-10-14(18-2)16(20-4)15(11-13)19-3/h10-11,17H,5-9,12H2,1-4H3. The van der Waals surface area contributed by atoms with E-state index in [2.05, 4.69) is 12.2 Å². The molecule has 0 atom stereocenters. The van der Waals surface area contributed by atoms with Crippen molar-refractivity contribution in [3.8, 4) is 17.2 Å². The maximum Gasteiger partial charge on any atom is 0.203 e. The minimum absolute atomic E-state index is 0.622. The highest BCUT2D eigenvalue weighted by Crippen LogP contribution is 2.38. The minimum atomic E-state index is 0.622. The molecular formula is C16H27NO4. The van der Waals surface area contributed by atoms with Gasteiger partial charge < -0.3 is 24.3 Å². The van der Waals surface area contributed by atoms with E-state index in [-0.39, 0.29) is 0 Å². The van der Waals surface area contributed by atoms with Crippen molar-refractivity contribution >= 4 is 0 Å². The lowest BCUT2D eigenvalue weighted by atomic mass is 10.1. The highest BCUT2D eigenvalue weighted by Gasteiger charge is 2.12. The molecule has 0 aliphatic carbocycles. The molecule has 1 aromatic rings. The van der Waals surface area contributed by atoms with Gasteiger partial charge in [0, 0.05) is 19.8 Å². The highest BCUT2D eigenvalue weighted by atomic mass is 16.5. The van der Waals surface area contributed by atoms with Gasteiger partial charge in [-0.15, -0.1) is 0 Å². The first-order valence-corrected chi connectivity index (χ1v) is 7.34. The summed E-state index contributed by atoms with van der Waals surface area (Å²) in [6.07, 6.45) is 2.07. The number of nitrogens with one attached hydrogen (secondary N) is 1. The van der Waals surface area contributed by atoms with Crippen LogP contribution in [0.2, 0.25) is 0 Å². The van der Waals surface area contributed by atoms with Crippen molar-refractivity contribution < 1.29 is 18.9 Å². The Kier molecular flexibility index (Phi) is 8.62. The smallest absolute Gasteiger partial charge is 0.203 e. The fourth-order valence-corrected chi connectivity index (χ4v) is 2.02. The number of ether oxygens (including phenoxy) is 4. The van der Waals surface area contributed by atoms with Crippen LogP contribution in [0.25, 0.3) is 0 Å². The highest BCUT2D eigenvalue weighted by molar-refractivity contribution is 5.53. The Bertz CT molecular complexity index is 384. The average molecular weight is 297 g/mol. The van der Waals surface area contributed by atoms with Crippen LogP contribution in [0, 0.1) is 0 Å². The van der Waals surface area contributed by atoms with E-state index in [0.29, 0.717) is 17.2 Å². The normalized spacial score (nSPS) is 10.5. The van der Waals surface area contributed by atoms with Gasteiger partial charge in [0.15, 0.2) is 11.5 Å². The monoisotopic (exact) mass is 297 g/mol. The van der Waals surface area contributed by atoms with Crippen molar-refractivity contribution in [1.82, 2.24) is 5.32 Å². The maximum atomic E-state index is 5.44. The molecule has 0 radical (unpaired) electrons. The molecule has 0 unspecified atom stereocenters. The summed E-state index contributed by atoms with van der Waals surface area (Å²) in [7, 11) is 4.85. The van der Waals surface area contributed by atoms with Crippen molar-refractivity contribution in [1.29, 1.82) is 0 Å². The van der Waals surface area contributed by atoms with E-state index >= 15 is 0 Å². The second kappa shape index (κ2) is 10.3. The molecule has 0 amide bonds. The first kappa shape index (κ1) is 17.6. The molecule has 0 aliphatic heterocycles. The minimum Gasteiger partial charge on any atom is -0.493 e. The van der Waals surface area contributed by atoms with E-state index in [9.17, 15) is 0 Å². The van der Waals surface area contributed by atoms with E-state index in [0.717, 1.165) is 44.7 Å². The molecule has 1 rings (SSSR count). The summed E-state index contributed by atoms with van der Waals surface area (Å²) in [5, 5.41) is 3.39. The Labute approximate surface area is 127 Å². The summed E-state index contributed by atoms with van der Waals surface area (Å²) in [4.78, 5) is 0. The van der Waals surface area contributed by atoms with Gasteiger partial charge in [0.1, 0.15) is 0 Å². The van der Waals surface area contributed by atoms with Gasteiger partial charge in [-0.05, 0) is 37.1 Å². The van der Waals surface area contributed by atoms with Crippen molar-refractivity contribution in [2.75, 3.05) is 41.1 Å². The van der Waals surface area contributed by atoms with Crippen LogP contribution in [-0.4, -0.2) is 41.1 Å². The second-order valence-corrected chi connectivity index (χ2v) is 4.68. The van der Waals surface area contributed by atoms with E-state index in [1.165, 1.54) is 0 Å². The van der Waals surface area contributed by atoms with Crippen molar-refractivity contribution in [3.05, 3.63) is 17.7 Å². The largest absolute Gasteiger partial charge is 0.493 e. The predicted molar refractivity (Wildman–Crippen MR) is 83.5 cm³/mol. The summed E-state index contributed by atoms with van der Waals surface area (Å²) < 4.78 is 21.4. The Morgan fingerprint density at radius 2 is 1.62 bits per heavy atom. The molecule has 1 aromatic carbocycles. The van der Waals surface area contributed by atoms with E-state index in [1.807, 2.05) is 12.1 Å². The van der Waals surface area contributed by atoms with Crippen LogP contribution < -0.4 is 19.5 Å². The second-order valence-electron chi connectivity index (χ2n) is 4.68. The molecule has 120 valence electrons. The number of benzene rings is 1. The van der Waals surface area contributed by atoms with Crippen LogP contribution in [-0.2, 0) is 11.3 Å². The molecule has 0 spiro atoms. The number of hydrogen-bond acceptors (Lipinski definition) is 5. The molecule has 0 heterocycles. The number of methoxy groups -OCH3 is 3. The first-order valence-electron chi connectivity index (χ1n) is 7.34. The maximum absolute atomic E-state index is 5.44. The Morgan fingerprint density at radius 3 is 2.14 bits per heavy atom. The molecule has 5 nitrogen and oxygen atoms in total. The third-order valence-electron chi connectivity index (χ3n) is 3.04. The Balaban J connectivity index is 2.48. The van der Waals surface area contributed by atoms with Crippen molar-refractivity contribution in [2.45, 2.75) is 26.3 Å². The molecule has 21 heavy (non-hydrogen) atoms. The van der Waals surface area contributed by atoms with Gasteiger partial charge in [0.2, 0.25) is 5.75 Å². The molecule has 0 aliphatic rings. The van der Waals surface area contributed by atoms with E-state index in [1.54, 1.807) is 21.3 Å². The van der Waals surface area contributed by atoms with E-state index < -0.39 is 0 Å². The zero-order valence-electron chi connectivity index (χ0n) is 13.5. The lowest BCUT2D eigenvalue weighted by Gasteiger charge is -2.14. The Hall–Kier alpha value is -1.46. The molecule has 0 aromatic heterocycles. The zero-order chi connectivity index (χ0) is 15.5. The molecule has 0 saturated carbocycles. The molecular weight excluding hydrogens is 270 g/mol. The summed E-state index contributed by atoms with van der Waals surface area (Å²) in [6.45, 7) is 5.43. The zero-order valence-corrected chi connectivity index (χ0v) is 13.5. The van der Waals surface area contributed by atoms with Gasteiger partial charge in [-0.25, -0.2) is 0 Å². The summed E-state index contributed by atoms with van der Waals surface area (Å²) in [6, 6.07) is 3.92. The van der Waals surface area contributed by atoms with Crippen LogP contribution in [0.4, 0.5) is 0 Å². The van der Waals surface area contributed by atoms with Crippen LogP contribution in [0.15, 0.2) is 12.1 Å². The summed E-state index contributed by atoms with van der Waals surface area (Å²) in [5.74, 6) is 1.98. The molecule has 5 heteroatoms. The van der Waals surface area contributed by atoms with Crippen LogP contribution in [0.3, 0.4) is 0 Å². The average Bonchev–Trinajstić information content (AvgIpc) is 2.52. The predicted octanol–water partition coefficient (Wildman–Crippen LogP) is 2.62. The number of rotatable bonds is 11.